The Morgan fingerprint density at radius 1 is 1.00 bits per heavy atom. The molecular formula is C40H39Cl2N3O6. The SMILES string of the molecule is C=CCc1cccc([C@H]2C3=CC[C@@H]4C(=O)N(C(C)(C)C)C(=O)[C@@H]4[C@@H]3C[C@H]3C(=O)N(Nc4ccc(Cl)cc4Cl)C(=O)[C@@]23c2ccc(OC)cc2)c1O. The minimum Gasteiger partial charge on any atom is -0.507 e. The van der Waals surface area contributed by atoms with E-state index in [2.05, 4.69) is 12.0 Å². The maximum Gasteiger partial charge on any atom is 0.260 e. The van der Waals surface area contributed by atoms with Gasteiger partial charge in [-0.2, -0.15) is 5.01 Å². The third kappa shape index (κ3) is 5.19. The van der Waals surface area contributed by atoms with E-state index in [0.717, 1.165) is 10.6 Å². The van der Waals surface area contributed by atoms with Crippen LogP contribution in [0, 0.1) is 23.7 Å². The van der Waals surface area contributed by atoms with Crippen molar-refractivity contribution in [1.29, 1.82) is 0 Å². The highest BCUT2D eigenvalue weighted by Crippen LogP contribution is 2.65. The lowest BCUT2D eigenvalue weighted by Crippen LogP contribution is -2.53. The Morgan fingerprint density at radius 3 is 2.37 bits per heavy atom. The van der Waals surface area contributed by atoms with Crippen molar-refractivity contribution in [3.05, 3.63) is 112 Å². The fourth-order valence-corrected chi connectivity index (χ4v) is 9.46. The van der Waals surface area contributed by atoms with Gasteiger partial charge in [-0.1, -0.05) is 71.3 Å². The molecule has 264 valence electrons. The molecule has 7 rings (SSSR count). The monoisotopic (exact) mass is 727 g/mol. The fraction of sp³-hybridized carbons (Fsp3) is 0.350. The predicted octanol–water partition coefficient (Wildman–Crippen LogP) is 7.22. The molecule has 51 heavy (non-hydrogen) atoms. The molecule has 3 aromatic carbocycles. The normalized spacial score (nSPS) is 27.2. The molecule has 0 spiro atoms. The van der Waals surface area contributed by atoms with Crippen LogP contribution in [0.4, 0.5) is 5.69 Å². The number of benzene rings is 3. The Kier molecular flexibility index (Phi) is 8.58. The lowest BCUT2D eigenvalue weighted by atomic mass is 9.49. The number of carbonyl (C=O) groups is 4. The van der Waals surface area contributed by atoms with Crippen LogP contribution in [0.3, 0.4) is 0 Å². The third-order valence-corrected chi connectivity index (χ3v) is 11.6. The molecule has 0 radical (unpaired) electrons. The van der Waals surface area contributed by atoms with Gasteiger partial charge in [0.25, 0.3) is 11.8 Å². The number of phenols is 1. The average Bonchev–Trinajstić information content (AvgIpc) is 3.48. The highest BCUT2D eigenvalue weighted by atomic mass is 35.5. The number of allylic oxidation sites excluding steroid dienone is 3. The first kappa shape index (κ1) is 34.8. The summed E-state index contributed by atoms with van der Waals surface area (Å²) in [6.45, 7) is 9.36. The summed E-state index contributed by atoms with van der Waals surface area (Å²) in [5.74, 6) is -4.83. The second-order valence-corrected chi connectivity index (χ2v) is 15.6. The van der Waals surface area contributed by atoms with Crippen molar-refractivity contribution in [2.24, 2.45) is 23.7 Å². The van der Waals surface area contributed by atoms with Gasteiger partial charge in [-0.3, -0.25) is 29.5 Å². The van der Waals surface area contributed by atoms with Crippen LogP contribution < -0.4 is 10.2 Å². The van der Waals surface area contributed by atoms with Crippen molar-refractivity contribution in [2.75, 3.05) is 12.5 Å². The third-order valence-electron chi connectivity index (χ3n) is 11.1. The average molecular weight is 729 g/mol. The summed E-state index contributed by atoms with van der Waals surface area (Å²) in [5, 5.41) is 13.6. The molecule has 2 aliphatic carbocycles. The Bertz CT molecular complexity index is 2020. The fourth-order valence-electron chi connectivity index (χ4n) is 9.01. The summed E-state index contributed by atoms with van der Waals surface area (Å²) in [6.07, 6.45) is 4.42. The maximum atomic E-state index is 15.4. The summed E-state index contributed by atoms with van der Waals surface area (Å²) in [7, 11) is 1.54. The molecule has 4 amide bonds. The zero-order valence-electron chi connectivity index (χ0n) is 28.8. The number of amides is 4. The topological polar surface area (TPSA) is 116 Å². The van der Waals surface area contributed by atoms with Gasteiger partial charge in [0.1, 0.15) is 11.5 Å². The number of aromatic hydroxyl groups is 1. The van der Waals surface area contributed by atoms with E-state index >= 15 is 4.79 Å². The highest BCUT2D eigenvalue weighted by Gasteiger charge is 2.71. The quantitative estimate of drug-likeness (QED) is 0.195. The van der Waals surface area contributed by atoms with Crippen LogP contribution in [0.2, 0.25) is 10.0 Å². The van der Waals surface area contributed by atoms with E-state index in [0.29, 0.717) is 39.6 Å². The van der Waals surface area contributed by atoms with Crippen LogP contribution >= 0.6 is 23.2 Å². The van der Waals surface area contributed by atoms with Crippen LogP contribution in [0.25, 0.3) is 0 Å². The first-order chi connectivity index (χ1) is 24.2. The number of anilines is 1. The van der Waals surface area contributed by atoms with E-state index in [4.69, 9.17) is 27.9 Å². The number of fused-ring (bicyclic) bond motifs is 4. The molecule has 3 fully saturated rings. The van der Waals surface area contributed by atoms with Gasteiger partial charge < -0.3 is 9.84 Å². The lowest BCUT2D eigenvalue weighted by molar-refractivity contribution is -0.146. The molecule has 0 aromatic heterocycles. The van der Waals surface area contributed by atoms with Crippen LogP contribution in [0.5, 0.6) is 11.5 Å². The molecule has 11 heteroatoms. The van der Waals surface area contributed by atoms with Crippen LogP contribution in [0.1, 0.15) is 56.2 Å². The molecule has 6 atom stereocenters. The molecule has 3 aromatic rings. The number of halogens is 2. The molecule has 9 nitrogen and oxygen atoms in total. The first-order valence-electron chi connectivity index (χ1n) is 17.0. The second kappa shape index (κ2) is 12.6. The minimum absolute atomic E-state index is 0.0183. The van der Waals surface area contributed by atoms with Gasteiger partial charge in [-0.05, 0) is 87.4 Å². The van der Waals surface area contributed by atoms with Gasteiger partial charge in [0.15, 0.2) is 0 Å². The number of carbonyl (C=O) groups excluding carboxylic acids is 4. The first-order valence-corrected chi connectivity index (χ1v) is 17.7. The van der Waals surface area contributed by atoms with E-state index in [1.54, 1.807) is 61.7 Å². The predicted molar refractivity (Wildman–Crippen MR) is 194 cm³/mol. The minimum atomic E-state index is -1.58. The highest BCUT2D eigenvalue weighted by molar-refractivity contribution is 6.36. The zero-order valence-corrected chi connectivity index (χ0v) is 30.3. The maximum absolute atomic E-state index is 15.4. The second-order valence-electron chi connectivity index (χ2n) is 14.7. The largest absolute Gasteiger partial charge is 0.507 e. The number of nitrogens with one attached hydrogen (secondary N) is 1. The van der Waals surface area contributed by atoms with Gasteiger partial charge in [0.05, 0.1) is 41.0 Å². The Hall–Kier alpha value is -4.60. The van der Waals surface area contributed by atoms with E-state index in [1.807, 2.05) is 32.9 Å². The van der Waals surface area contributed by atoms with E-state index in [1.165, 1.54) is 11.0 Å². The Balaban J connectivity index is 1.49. The number of hydrogen-bond donors (Lipinski definition) is 2. The number of imide groups is 2. The van der Waals surface area contributed by atoms with Crippen molar-refractivity contribution >= 4 is 52.5 Å². The van der Waals surface area contributed by atoms with Crippen LogP contribution in [-0.2, 0) is 31.0 Å². The number of rotatable bonds is 7. The number of ether oxygens (including phenoxy) is 1. The number of hydrazine groups is 1. The summed E-state index contributed by atoms with van der Waals surface area (Å²) < 4.78 is 5.47. The number of likely N-dealkylation sites (tertiary alicyclic amines) is 1. The molecule has 2 saturated heterocycles. The molecule has 4 aliphatic rings. The Labute approximate surface area is 306 Å². The van der Waals surface area contributed by atoms with Gasteiger partial charge in [0.2, 0.25) is 11.8 Å². The van der Waals surface area contributed by atoms with Gasteiger partial charge in [0, 0.05) is 22.0 Å². The lowest BCUT2D eigenvalue weighted by Gasteiger charge is -2.50. The number of hydrogen-bond acceptors (Lipinski definition) is 7. The van der Waals surface area contributed by atoms with Crippen LogP contribution in [-0.4, -0.2) is 51.3 Å². The molecular weight excluding hydrogens is 689 g/mol. The summed E-state index contributed by atoms with van der Waals surface area (Å²) in [6, 6.07) is 17.1. The van der Waals surface area contributed by atoms with Gasteiger partial charge in [-0.15, -0.1) is 6.58 Å². The number of phenolic OH excluding ortho intramolecular Hbond substituents is 1. The number of nitrogens with zero attached hydrogens (tertiary/aromatic N) is 2. The smallest absolute Gasteiger partial charge is 0.260 e. The summed E-state index contributed by atoms with van der Waals surface area (Å²) in [4.78, 5) is 59.8. The number of para-hydroxylation sites is 1. The summed E-state index contributed by atoms with van der Waals surface area (Å²) in [5.41, 5.74) is 3.31. The van der Waals surface area contributed by atoms with E-state index in [-0.39, 0.29) is 35.4 Å². The van der Waals surface area contributed by atoms with Crippen molar-refractivity contribution in [3.8, 4) is 11.5 Å². The van der Waals surface area contributed by atoms with Crippen LogP contribution in [0.15, 0.2) is 85.0 Å². The molecule has 2 aliphatic heterocycles. The molecule has 2 N–H and O–H groups in total. The Morgan fingerprint density at radius 2 is 1.73 bits per heavy atom. The van der Waals surface area contributed by atoms with Crippen molar-refractivity contribution in [3.63, 3.8) is 0 Å². The standard InChI is InChI=1S/C40H39Cl2N3O6/c1-6-8-21-9-7-10-27(34(21)46)33-25-16-17-26-32(37(49)44(35(26)47)39(2,3)4)28(25)20-29-36(48)45(43-31-18-13-23(41)19-30(31)42)38(50)40(29,33)22-11-14-24(51-5)15-12-22/h6-7,9-16,18-19,26,28-29,32-33,43,46H,1,8,17,20H2,2-5H3/t26-,28+,29-,32-,33+,40+/m0/s1. The van der Waals surface area contributed by atoms with E-state index in [9.17, 15) is 19.5 Å². The summed E-state index contributed by atoms with van der Waals surface area (Å²) >= 11 is 12.7. The zero-order chi connectivity index (χ0) is 36.6. The molecule has 0 unspecified atom stereocenters. The molecule has 1 saturated carbocycles. The number of methoxy groups -OCH3 is 1. The molecule has 2 heterocycles. The molecule has 0 bridgehead atoms. The van der Waals surface area contributed by atoms with Gasteiger partial charge >= 0.3 is 0 Å². The van der Waals surface area contributed by atoms with Gasteiger partial charge in [-0.25, -0.2) is 0 Å². The van der Waals surface area contributed by atoms with Crippen molar-refractivity contribution < 1.29 is 29.0 Å². The van der Waals surface area contributed by atoms with Crippen molar-refractivity contribution in [2.45, 2.75) is 56.9 Å². The van der Waals surface area contributed by atoms with E-state index < -0.39 is 52.4 Å². The van der Waals surface area contributed by atoms with Crippen molar-refractivity contribution in [1.82, 2.24) is 9.91 Å².